The number of rotatable bonds is 6. The van der Waals surface area contributed by atoms with Crippen molar-refractivity contribution < 1.29 is 14.8 Å². The number of amides is 1. The van der Waals surface area contributed by atoms with Gasteiger partial charge < -0.3 is 15.0 Å². The Hall–Kier alpha value is -1.20. The van der Waals surface area contributed by atoms with Crippen molar-refractivity contribution in [2.45, 2.75) is 24.5 Å². The second kappa shape index (κ2) is 6.99. The molecule has 1 aromatic carbocycles. The van der Waals surface area contributed by atoms with Gasteiger partial charge in [-0.3, -0.25) is 4.79 Å². The lowest BCUT2D eigenvalue weighted by Gasteiger charge is -2.24. The number of benzene rings is 1. The van der Waals surface area contributed by atoms with Crippen LogP contribution in [0.15, 0.2) is 24.3 Å². The molecule has 110 valence electrons. The summed E-state index contributed by atoms with van der Waals surface area (Å²) in [4.78, 5) is 14.3. The Kier molecular flexibility index (Phi) is 5.31. The molecule has 5 heteroatoms. The molecular formula is C15H23N2O2S+. The largest absolute Gasteiger partial charge is 0.496 e. The number of thioether (sulfide) groups is 1. The highest BCUT2D eigenvalue weighted by Gasteiger charge is 2.39. The van der Waals surface area contributed by atoms with Gasteiger partial charge in [0.1, 0.15) is 11.1 Å². The van der Waals surface area contributed by atoms with Gasteiger partial charge in [-0.05, 0) is 19.9 Å². The van der Waals surface area contributed by atoms with Crippen LogP contribution in [0, 0.1) is 0 Å². The van der Waals surface area contributed by atoms with E-state index in [0.29, 0.717) is 0 Å². The van der Waals surface area contributed by atoms with Gasteiger partial charge in [-0.2, -0.15) is 0 Å². The topological polar surface area (TPSA) is 46.2 Å². The average Bonchev–Trinajstić information content (AvgIpc) is 2.75. The maximum Gasteiger partial charge on any atom is 0.236 e. The molecule has 1 amide bonds. The van der Waals surface area contributed by atoms with Crippen molar-refractivity contribution in [3.05, 3.63) is 29.8 Å². The molecule has 0 aromatic heterocycles. The fourth-order valence-electron chi connectivity index (χ4n) is 2.45. The Balaban J connectivity index is 2.21. The molecule has 2 rings (SSSR count). The van der Waals surface area contributed by atoms with Crippen molar-refractivity contribution in [1.82, 2.24) is 4.90 Å². The van der Waals surface area contributed by atoms with Crippen LogP contribution in [0.4, 0.5) is 0 Å². The molecule has 0 saturated carbocycles. The molecule has 0 spiro atoms. The number of hydrogen-bond acceptors (Lipinski definition) is 3. The number of likely N-dealkylation sites (N-methyl/N-ethyl adjacent to an activating group) is 1. The number of para-hydroxylation sites is 1. The van der Waals surface area contributed by atoms with Crippen LogP contribution in [0.5, 0.6) is 5.75 Å². The van der Waals surface area contributed by atoms with Crippen molar-refractivity contribution in [2.75, 3.05) is 26.7 Å². The molecule has 1 aliphatic rings. The highest BCUT2D eigenvalue weighted by Crippen LogP contribution is 2.45. The van der Waals surface area contributed by atoms with E-state index >= 15 is 0 Å². The molecule has 0 aliphatic carbocycles. The van der Waals surface area contributed by atoms with Gasteiger partial charge in [-0.15, -0.1) is 11.8 Å². The third kappa shape index (κ3) is 3.10. The monoisotopic (exact) mass is 295 g/mol. The second-order valence-corrected chi connectivity index (χ2v) is 6.32. The van der Waals surface area contributed by atoms with Crippen LogP contribution in [0.25, 0.3) is 0 Å². The number of ether oxygens (including phenoxy) is 1. The summed E-state index contributed by atoms with van der Waals surface area (Å²) < 4.78 is 5.44. The predicted molar refractivity (Wildman–Crippen MR) is 81.8 cm³/mol. The van der Waals surface area contributed by atoms with Crippen LogP contribution in [-0.2, 0) is 4.79 Å². The maximum atomic E-state index is 12.3. The van der Waals surface area contributed by atoms with Gasteiger partial charge in [0.05, 0.1) is 32.0 Å². The fourth-order valence-corrected chi connectivity index (χ4v) is 3.78. The molecule has 4 nitrogen and oxygen atoms in total. The molecule has 20 heavy (non-hydrogen) atoms. The van der Waals surface area contributed by atoms with Gasteiger partial charge in [-0.1, -0.05) is 18.2 Å². The van der Waals surface area contributed by atoms with E-state index in [2.05, 4.69) is 18.3 Å². The van der Waals surface area contributed by atoms with E-state index in [1.807, 2.05) is 30.0 Å². The minimum absolute atomic E-state index is 0.0199. The molecule has 1 fully saturated rings. The predicted octanol–water partition coefficient (Wildman–Crippen LogP) is 1.24. The fraction of sp³-hybridized carbons (Fsp3) is 0.533. The Bertz CT molecular complexity index is 467. The zero-order valence-electron chi connectivity index (χ0n) is 12.3. The van der Waals surface area contributed by atoms with Crippen molar-refractivity contribution >= 4 is 17.7 Å². The summed E-state index contributed by atoms with van der Waals surface area (Å²) >= 11 is 1.70. The van der Waals surface area contributed by atoms with Crippen molar-refractivity contribution in [1.29, 1.82) is 0 Å². The number of nitrogens with two attached hydrogens (primary N) is 1. The molecule has 2 atom stereocenters. The molecule has 1 saturated heterocycles. The highest BCUT2D eigenvalue weighted by molar-refractivity contribution is 8.01. The molecule has 0 unspecified atom stereocenters. The second-order valence-electron chi connectivity index (χ2n) is 4.89. The van der Waals surface area contributed by atoms with Crippen molar-refractivity contribution in [3.8, 4) is 5.75 Å². The van der Waals surface area contributed by atoms with E-state index < -0.39 is 0 Å². The average molecular weight is 295 g/mol. The molecular weight excluding hydrogens is 272 g/mol. The Morgan fingerprint density at radius 1 is 1.40 bits per heavy atom. The van der Waals surface area contributed by atoms with Gasteiger partial charge in [0.25, 0.3) is 0 Å². The zero-order chi connectivity index (χ0) is 14.5. The summed E-state index contributed by atoms with van der Waals surface area (Å²) in [7, 11) is 1.68. The molecule has 0 radical (unpaired) electrons. The lowest BCUT2D eigenvalue weighted by atomic mass is 10.1. The van der Waals surface area contributed by atoms with Crippen LogP contribution < -0.4 is 10.1 Å². The van der Waals surface area contributed by atoms with Crippen LogP contribution in [0.3, 0.4) is 0 Å². The van der Waals surface area contributed by atoms with E-state index in [4.69, 9.17) is 4.74 Å². The third-order valence-corrected chi connectivity index (χ3v) is 4.89. The van der Waals surface area contributed by atoms with E-state index in [-0.39, 0.29) is 16.5 Å². The number of quaternary nitrogens is 1. The van der Waals surface area contributed by atoms with E-state index in [1.54, 1.807) is 18.9 Å². The zero-order valence-corrected chi connectivity index (χ0v) is 13.2. The van der Waals surface area contributed by atoms with Gasteiger partial charge in [0.15, 0.2) is 0 Å². The summed E-state index contributed by atoms with van der Waals surface area (Å²) in [6, 6.07) is 7.97. The van der Waals surface area contributed by atoms with Crippen LogP contribution in [0.2, 0.25) is 0 Å². The first kappa shape index (κ1) is 15.2. The Morgan fingerprint density at radius 3 is 2.85 bits per heavy atom. The first-order valence-corrected chi connectivity index (χ1v) is 8.03. The summed E-state index contributed by atoms with van der Waals surface area (Å²) in [5, 5.41) is 2.31. The smallest absolute Gasteiger partial charge is 0.236 e. The molecule has 2 N–H and O–H groups in total. The van der Waals surface area contributed by atoms with Gasteiger partial charge >= 0.3 is 0 Å². The minimum atomic E-state index is 0.0199. The first-order valence-electron chi connectivity index (χ1n) is 7.09. The van der Waals surface area contributed by atoms with Crippen LogP contribution in [-0.4, -0.2) is 42.8 Å². The Labute approximate surface area is 124 Å². The lowest BCUT2D eigenvalue weighted by Crippen LogP contribution is -2.85. The van der Waals surface area contributed by atoms with Gasteiger partial charge in [0.2, 0.25) is 5.91 Å². The number of nitrogens with zero attached hydrogens (tertiary/aromatic N) is 1. The number of methoxy groups -OCH3 is 1. The summed E-state index contributed by atoms with van der Waals surface area (Å²) in [5.74, 6) is 1.09. The molecule has 1 aliphatic heterocycles. The van der Waals surface area contributed by atoms with Crippen molar-refractivity contribution in [2.24, 2.45) is 0 Å². The van der Waals surface area contributed by atoms with Crippen molar-refractivity contribution in [3.63, 3.8) is 0 Å². The maximum absolute atomic E-state index is 12.3. The minimum Gasteiger partial charge on any atom is -0.496 e. The van der Waals surface area contributed by atoms with Gasteiger partial charge in [0, 0.05) is 5.56 Å². The Morgan fingerprint density at radius 2 is 2.15 bits per heavy atom. The standard InChI is InChI=1S/C15H22N2O2S/c1-4-16-9-10-17-14(18)11(2)20-15(17)12-7-5-6-8-13(12)19-3/h5-8,11,15-16H,4,9-10H2,1-3H3/p+1/t11-,15+/m0/s1. The highest BCUT2D eigenvalue weighted by atomic mass is 32.2. The van der Waals surface area contributed by atoms with Crippen LogP contribution >= 0.6 is 11.8 Å². The summed E-state index contributed by atoms with van der Waals surface area (Å²) in [6.45, 7) is 6.89. The molecule has 1 aromatic rings. The van der Waals surface area contributed by atoms with E-state index in [0.717, 1.165) is 30.9 Å². The summed E-state index contributed by atoms with van der Waals surface area (Å²) in [5.41, 5.74) is 1.09. The number of carbonyl (C=O) groups is 1. The normalized spacial score (nSPS) is 22.4. The van der Waals surface area contributed by atoms with Crippen LogP contribution in [0.1, 0.15) is 24.8 Å². The van der Waals surface area contributed by atoms with Gasteiger partial charge in [-0.25, -0.2) is 0 Å². The molecule has 1 heterocycles. The first-order chi connectivity index (χ1) is 9.69. The van der Waals surface area contributed by atoms with E-state index in [1.165, 1.54) is 0 Å². The van der Waals surface area contributed by atoms with E-state index in [9.17, 15) is 4.79 Å². The lowest BCUT2D eigenvalue weighted by molar-refractivity contribution is -0.651. The SMILES string of the molecule is CC[NH2+]CCN1C(=O)[C@H](C)S[C@@H]1c1ccccc1OC. The molecule has 0 bridgehead atoms. The third-order valence-electron chi connectivity index (χ3n) is 3.51. The number of hydrogen-bond donors (Lipinski definition) is 1. The number of carbonyl (C=O) groups excluding carboxylic acids is 1. The summed E-state index contributed by atoms with van der Waals surface area (Å²) in [6.07, 6.45) is 0. The quantitative estimate of drug-likeness (QED) is 0.803.